The standard InChI is InChI=1S/C17H16FN5O2S.C8H18O.2C4H10/c1-8-5-11(14-13(25-4)7-20-9(2)15(14)18)12(6-19-8)16(24)21-17-23-22-10(3)26-17;1-4-7-9-8(5-2)6-3;2*1-3-4-2/h5-7H,1-4H3,(H,21,23,24);8H,4-7H2,1-3H3;2*3-4H2,1-2H3. The average Bonchev–Trinajstić information content (AvgIpc) is 3.43. The van der Waals surface area contributed by atoms with Crippen molar-refractivity contribution in [2.75, 3.05) is 19.0 Å². The Hall–Kier alpha value is -2.98. The molecular weight excluding hydrogens is 565 g/mol. The minimum absolute atomic E-state index is 0.170. The second kappa shape index (κ2) is 23.5. The van der Waals surface area contributed by atoms with Crippen molar-refractivity contribution in [3.8, 4) is 16.9 Å². The first-order valence-electron chi connectivity index (χ1n) is 15.5. The molecule has 0 atom stereocenters. The third-order valence-corrected chi connectivity index (χ3v) is 6.90. The van der Waals surface area contributed by atoms with Gasteiger partial charge in [-0.25, -0.2) is 4.39 Å². The van der Waals surface area contributed by atoms with Crippen molar-refractivity contribution in [3.63, 3.8) is 0 Å². The number of amides is 1. The van der Waals surface area contributed by atoms with Crippen molar-refractivity contribution in [3.05, 3.63) is 46.2 Å². The summed E-state index contributed by atoms with van der Waals surface area (Å²) >= 11 is 1.25. The Morgan fingerprint density at radius 2 is 1.51 bits per heavy atom. The lowest BCUT2D eigenvalue weighted by molar-refractivity contribution is 0.0487. The topological polar surface area (TPSA) is 99.1 Å². The fourth-order valence-electron chi connectivity index (χ4n) is 3.24. The summed E-state index contributed by atoms with van der Waals surface area (Å²) in [6.45, 7) is 21.2. The molecule has 1 amide bonds. The summed E-state index contributed by atoms with van der Waals surface area (Å²) in [5.74, 6) is -0.769. The van der Waals surface area contributed by atoms with Crippen LogP contribution in [0.3, 0.4) is 0 Å². The van der Waals surface area contributed by atoms with E-state index in [0.717, 1.165) is 30.9 Å². The van der Waals surface area contributed by atoms with E-state index in [9.17, 15) is 9.18 Å². The maximum atomic E-state index is 14.8. The highest BCUT2D eigenvalue weighted by atomic mass is 32.1. The van der Waals surface area contributed by atoms with E-state index in [1.54, 1.807) is 26.8 Å². The highest BCUT2D eigenvalue weighted by molar-refractivity contribution is 7.15. The molecule has 0 aliphatic rings. The summed E-state index contributed by atoms with van der Waals surface area (Å²) < 4.78 is 25.6. The molecule has 3 aromatic heterocycles. The summed E-state index contributed by atoms with van der Waals surface area (Å²) in [5.41, 5.74) is 1.59. The summed E-state index contributed by atoms with van der Waals surface area (Å²) in [7, 11) is 1.42. The average molecular weight is 620 g/mol. The van der Waals surface area contributed by atoms with Gasteiger partial charge >= 0.3 is 0 Å². The molecule has 0 unspecified atom stereocenters. The van der Waals surface area contributed by atoms with Crippen LogP contribution in [0.4, 0.5) is 9.52 Å². The SMILES string of the molecule is CCCC.CCCC.CCCOC(CC)CC.COc1cnc(C)c(F)c1-c1cc(C)ncc1C(=O)Nc1nnc(C)s1. The molecule has 0 aliphatic heterocycles. The van der Waals surface area contributed by atoms with Crippen LogP contribution in [0.5, 0.6) is 5.75 Å². The Bertz CT molecular complexity index is 1180. The van der Waals surface area contributed by atoms with Gasteiger partial charge in [0.1, 0.15) is 10.8 Å². The van der Waals surface area contributed by atoms with Gasteiger partial charge in [0.25, 0.3) is 5.91 Å². The quantitative estimate of drug-likeness (QED) is 0.228. The number of rotatable bonds is 11. The summed E-state index contributed by atoms with van der Waals surface area (Å²) in [6.07, 6.45) is 12.1. The number of halogens is 1. The van der Waals surface area contributed by atoms with Crippen molar-refractivity contribution in [2.24, 2.45) is 0 Å². The van der Waals surface area contributed by atoms with Gasteiger partial charge in [-0.05, 0) is 46.1 Å². The van der Waals surface area contributed by atoms with Crippen molar-refractivity contribution in [1.82, 2.24) is 20.2 Å². The van der Waals surface area contributed by atoms with E-state index in [1.807, 2.05) is 0 Å². The highest BCUT2D eigenvalue weighted by Crippen LogP contribution is 2.35. The molecular formula is C33H54FN5O3S. The van der Waals surface area contributed by atoms with Crippen LogP contribution in [0.2, 0.25) is 0 Å². The van der Waals surface area contributed by atoms with E-state index in [4.69, 9.17) is 9.47 Å². The van der Waals surface area contributed by atoms with E-state index >= 15 is 0 Å². The Labute approximate surface area is 263 Å². The summed E-state index contributed by atoms with van der Waals surface area (Å²) in [5, 5.41) is 11.5. The molecule has 0 fully saturated rings. The molecule has 0 bridgehead atoms. The zero-order valence-corrected chi connectivity index (χ0v) is 29.1. The van der Waals surface area contributed by atoms with E-state index < -0.39 is 11.7 Å². The molecule has 10 heteroatoms. The Kier molecular flexibility index (Phi) is 21.8. The number of nitrogens with zero attached hydrogens (tertiary/aromatic N) is 4. The number of carbonyl (C=O) groups excluding carboxylic acids is 1. The highest BCUT2D eigenvalue weighted by Gasteiger charge is 2.22. The minimum atomic E-state index is -0.546. The number of aromatic nitrogens is 4. The van der Waals surface area contributed by atoms with E-state index in [2.05, 4.69) is 73.9 Å². The molecule has 1 N–H and O–H groups in total. The normalized spacial score (nSPS) is 10.1. The lowest BCUT2D eigenvalue weighted by Gasteiger charge is -2.14. The number of hydrogen-bond acceptors (Lipinski definition) is 8. The second-order valence-electron chi connectivity index (χ2n) is 9.86. The van der Waals surface area contributed by atoms with Gasteiger partial charge in [-0.15, -0.1) is 10.2 Å². The van der Waals surface area contributed by atoms with Crippen molar-refractivity contribution in [2.45, 2.75) is 120 Å². The first-order chi connectivity index (χ1) is 20.6. The fraction of sp³-hybridized carbons (Fsp3) is 0.606. The van der Waals surface area contributed by atoms with Crippen LogP contribution in [-0.2, 0) is 4.74 Å². The first-order valence-corrected chi connectivity index (χ1v) is 16.3. The van der Waals surface area contributed by atoms with Gasteiger partial charge in [0.2, 0.25) is 5.13 Å². The van der Waals surface area contributed by atoms with Gasteiger partial charge in [-0.3, -0.25) is 20.1 Å². The van der Waals surface area contributed by atoms with Crippen LogP contribution in [0.15, 0.2) is 18.5 Å². The number of methoxy groups -OCH3 is 1. The van der Waals surface area contributed by atoms with Gasteiger partial charge in [0.15, 0.2) is 5.82 Å². The predicted molar refractivity (Wildman–Crippen MR) is 178 cm³/mol. The monoisotopic (exact) mass is 619 g/mol. The molecule has 3 rings (SSSR count). The lowest BCUT2D eigenvalue weighted by atomic mass is 9.99. The van der Waals surface area contributed by atoms with Gasteiger partial charge in [0.05, 0.1) is 36.2 Å². The molecule has 43 heavy (non-hydrogen) atoms. The fourth-order valence-corrected chi connectivity index (χ4v) is 3.83. The summed E-state index contributed by atoms with van der Waals surface area (Å²) in [4.78, 5) is 20.9. The number of hydrogen-bond donors (Lipinski definition) is 1. The number of carbonyl (C=O) groups is 1. The van der Waals surface area contributed by atoms with E-state index in [1.165, 1.54) is 56.5 Å². The number of ether oxygens (including phenoxy) is 2. The van der Waals surface area contributed by atoms with Gasteiger partial charge in [-0.1, -0.05) is 85.5 Å². The third-order valence-electron chi connectivity index (χ3n) is 6.15. The number of pyridine rings is 2. The number of nitrogens with one attached hydrogen (secondary N) is 1. The third kappa shape index (κ3) is 14.8. The molecule has 0 aliphatic carbocycles. The Morgan fingerprint density at radius 3 is 1.98 bits per heavy atom. The Balaban J connectivity index is 0.000000855. The van der Waals surface area contributed by atoms with Crippen molar-refractivity contribution in [1.29, 1.82) is 0 Å². The first kappa shape index (κ1) is 40.0. The second-order valence-corrected chi connectivity index (χ2v) is 11.0. The predicted octanol–water partition coefficient (Wildman–Crippen LogP) is 9.53. The molecule has 0 aromatic carbocycles. The van der Waals surface area contributed by atoms with E-state index in [-0.39, 0.29) is 22.6 Å². The molecule has 0 radical (unpaired) electrons. The molecule has 0 spiro atoms. The van der Waals surface area contributed by atoms with Gasteiger partial charge < -0.3 is 9.47 Å². The zero-order chi connectivity index (χ0) is 32.8. The molecule has 3 heterocycles. The van der Waals surface area contributed by atoms with Crippen molar-refractivity contribution < 1.29 is 18.7 Å². The van der Waals surface area contributed by atoms with Gasteiger partial charge in [-0.2, -0.15) is 0 Å². The Morgan fingerprint density at radius 1 is 0.907 bits per heavy atom. The molecule has 0 saturated heterocycles. The van der Waals surface area contributed by atoms with Gasteiger partial charge in [0, 0.05) is 24.1 Å². The van der Waals surface area contributed by atoms with Crippen LogP contribution in [0, 0.1) is 26.6 Å². The number of anilines is 1. The maximum Gasteiger partial charge on any atom is 0.259 e. The van der Waals surface area contributed by atoms with E-state index in [0.29, 0.717) is 22.5 Å². The molecule has 242 valence electrons. The zero-order valence-electron chi connectivity index (χ0n) is 28.3. The minimum Gasteiger partial charge on any atom is -0.494 e. The smallest absolute Gasteiger partial charge is 0.259 e. The largest absolute Gasteiger partial charge is 0.494 e. The molecule has 0 saturated carbocycles. The van der Waals surface area contributed by atoms with Crippen LogP contribution in [-0.4, -0.2) is 45.9 Å². The lowest BCUT2D eigenvalue weighted by Crippen LogP contribution is -2.14. The van der Waals surface area contributed by atoms with Crippen LogP contribution in [0.25, 0.3) is 11.1 Å². The van der Waals surface area contributed by atoms with Crippen LogP contribution >= 0.6 is 11.3 Å². The van der Waals surface area contributed by atoms with Crippen molar-refractivity contribution >= 4 is 22.4 Å². The number of aryl methyl sites for hydroxylation is 3. The summed E-state index contributed by atoms with van der Waals surface area (Å²) in [6, 6.07) is 1.64. The number of unbranched alkanes of at least 4 members (excludes halogenated alkanes) is 2. The van der Waals surface area contributed by atoms with Crippen LogP contribution < -0.4 is 10.1 Å². The maximum absolute atomic E-state index is 14.8. The molecule has 3 aromatic rings. The molecule has 8 nitrogen and oxygen atoms in total. The van der Waals surface area contributed by atoms with Crippen LogP contribution in [0.1, 0.15) is 120 Å².